The number of carbonyl (C=O) groups excluding carboxylic acids is 2. The summed E-state index contributed by atoms with van der Waals surface area (Å²) in [5.41, 5.74) is 2.32. The Kier molecular flexibility index (Phi) is 5.42. The average molecular weight is 318 g/mol. The topological polar surface area (TPSA) is 58.6 Å². The first-order valence-electron chi connectivity index (χ1n) is 8.15. The normalized spacial score (nSPS) is 21.2. The first-order valence-corrected chi connectivity index (χ1v) is 8.15. The van der Waals surface area contributed by atoms with Gasteiger partial charge in [0.2, 0.25) is 5.91 Å². The van der Waals surface area contributed by atoms with E-state index in [-0.39, 0.29) is 18.4 Å². The zero-order valence-corrected chi connectivity index (χ0v) is 14.4. The second-order valence-corrected chi connectivity index (χ2v) is 6.44. The summed E-state index contributed by atoms with van der Waals surface area (Å²) in [6.07, 6.45) is 1.62. The first kappa shape index (κ1) is 17.5. The highest BCUT2D eigenvalue weighted by atomic mass is 16.5. The second kappa shape index (κ2) is 7.13. The summed E-state index contributed by atoms with van der Waals surface area (Å²) in [5, 5.41) is 2.93. The number of aryl methyl sites for hydroxylation is 2. The van der Waals surface area contributed by atoms with Gasteiger partial charge in [-0.2, -0.15) is 0 Å². The molecule has 1 aliphatic heterocycles. The van der Waals surface area contributed by atoms with Gasteiger partial charge in [-0.05, 0) is 70.3 Å². The third-order valence-corrected chi connectivity index (χ3v) is 4.34. The molecule has 5 heteroatoms. The Bertz CT molecular complexity index is 580. The first-order chi connectivity index (χ1) is 10.8. The minimum Gasteiger partial charge on any atom is -0.465 e. The predicted molar refractivity (Wildman–Crippen MR) is 90.4 cm³/mol. The van der Waals surface area contributed by atoms with Crippen LogP contribution in [0.15, 0.2) is 18.2 Å². The van der Waals surface area contributed by atoms with E-state index in [0.717, 1.165) is 36.2 Å². The Hall–Kier alpha value is -1.88. The van der Waals surface area contributed by atoms with Gasteiger partial charge in [-0.3, -0.25) is 14.5 Å². The maximum absolute atomic E-state index is 12.4. The number of rotatable bonds is 5. The highest BCUT2D eigenvalue weighted by Gasteiger charge is 2.45. The summed E-state index contributed by atoms with van der Waals surface area (Å²) in [5.74, 6) is -0.343. The molecular formula is C18H26N2O3. The largest absolute Gasteiger partial charge is 0.465 e. The molecule has 1 fully saturated rings. The van der Waals surface area contributed by atoms with Crippen LogP contribution in [-0.2, 0) is 14.3 Å². The molecule has 0 aromatic heterocycles. The molecule has 0 unspecified atom stereocenters. The third-order valence-electron chi connectivity index (χ3n) is 4.34. The average Bonchev–Trinajstić information content (AvgIpc) is 2.80. The van der Waals surface area contributed by atoms with Crippen LogP contribution in [0.4, 0.5) is 5.69 Å². The van der Waals surface area contributed by atoms with Gasteiger partial charge in [-0.15, -0.1) is 0 Å². The number of nitrogens with one attached hydrogen (secondary N) is 1. The van der Waals surface area contributed by atoms with E-state index in [0.29, 0.717) is 6.61 Å². The van der Waals surface area contributed by atoms with E-state index >= 15 is 0 Å². The van der Waals surface area contributed by atoms with Gasteiger partial charge in [0, 0.05) is 5.69 Å². The highest BCUT2D eigenvalue weighted by Crippen LogP contribution is 2.30. The van der Waals surface area contributed by atoms with Crippen LogP contribution in [0.2, 0.25) is 0 Å². The lowest BCUT2D eigenvalue weighted by Crippen LogP contribution is -2.51. The standard InChI is InChI=1S/C18H26N2O3/c1-5-23-17(22)18(4)7-6-8-20(18)12-16(21)19-15-10-13(2)9-14(3)11-15/h9-11H,5-8,12H2,1-4H3,(H,19,21)/t18-/m1/s1. The fourth-order valence-corrected chi connectivity index (χ4v) is 3.21. The minimum atomic E-state index is -0.699. The summed E-state index contributed by atoms with van der Waals surface area (Å²) in [7, 11) is 0. The van der Waals surface area contributed by atoms with E-state index in [1.807, 2.05) is 37.8 Å². The van der Waals surface area contributed by atoms with Crippen molar-refractivity contribution in [3.05, 3.63) is 29.3 Å². The maximum atomic E-state index is 12.4. The molecule has 0 bridgehead atoms. The number of carbonyl (C=O) groups is 2. The molecule has 5 nitrogen and oxygen atoms in total. The summed E-state index contributed by atoms with van der Waals surface area (Å²) in [6.45, 7) is 8.95. The molecular weight excluding hydrogens is 292 g/mol. The van der Waals surface area contributed by atoms with E-state index in [1.165, 1.54) is 0 Å². The van der Waals surface area contributed by atoms with Crippen LogP contribution in [0.3, 0.4) is 0 Å². The minimum absolute atomic E-state index is 0.104. The van der Waals surface area contributed by atoms with Crippen molar-refractivity contribution in [2.75, 3.05) is 25.0 Å². The van der Waals surface area contributed by atoms with Crippen LogP contribution in [0, 0.1) is 13.8 Å². The number of benzene rings is 1. The highest BCUT2D eigenvalue weighted by molar-refractivity contribution is 5.93. The molecule has 1 saturated heterocycles. The van der Waals surface area contributed by atoms with Crippen molar-refractivity contribution in [1.82, 2.24) is 4.90 Å². The molecule has 1 N–H and O–H groups in total. The lowest BCUT2D eigenvalue weighted by Gasteiger charge is -2.32. The van der Waals surface area contributed by atoms with Gasteiger partial charge in [0.15, 0.2) is 0 Å². The zero-order valence-electron chi connectivity index (χ0n) is 14.4. The Morgan fingerprint density at radius 3 is 2.52 bits per heavy atom. The number of amides is 1. The Morgan fingerprint density at radius 1 is 1.26 bits per heavy atom. The van der Waals surface area contributed by atoms with E-state index in [4.69, 9.17) is 4.74 Å². The predicted octanol–water partition coefficient (Wildman–Crippen LogP) is 2.66. The van der Waals surface area contributed by atoms with Crippen LogP contribution < -0.4 is 5.32 Å². The molecule has 23 heavy (non-hydrogen) atoms. The SMILES string of the molecule is CCOC(=O)[C@@]1(C)CCCN1CC(=O)Nc1cc(C)cc(C)c1. The van der Waals surface area contributed by atoms with E-state index in [9.17, 15) is 9.59 Å². The molecule has 126 valence electrons. The van der Waals surface area contributed by atoms with Crippen molar-refractivity contribution < 1.29 is 14.3 Å². The molecule has 2 rings (SSSR count). The van der Waals surface area contributed by atoms with Gasteiger partial charge in [0.1, 0.15) is 5.54 Å². The monoisotopic (exact) mass is 318 g/mol. The van der Waals surface area contributed by atoms with Crippen molar-refractivity contribution in [2.24, 2.45) is 0 Å². The van der Waals surface area contributed by atoms with E-state index < -0.39 is 5.54 Å². The Morgan fingerprint density at radius 2 is 1.91 bits per heavy atom. The molecule has 1 amide bonds. The number of ether oxygens (including phenoxy) is 1. The molecule has 1 aliphatic rings. The Balaban J connectivity index is 2.02. The molecule has 0 radical (unpaired) electrons. The van der Waals surface area contributed by atoms with E-state index in [2.05, 4.69) is 11.4 Å². The smallest absolute Gasteiger partial charge is 0.326 e. The lowest BCUT2D eigenvalue weighted by molar-refractivity contribution is -0.155. The number of nitrogens with zero attached hydrogens (tertiary/aromatic N) is 1. The van der Waals surface area contributed by atoms with Crippen LogP contribution in [-0.4, -0.2) is 42.0 Å². The zero-order chi connectivity index (χ0) is 17.0. The molecule has 0 spiro atoms. The molecule has 1 heterocycles. The molecule has 0 saturated carbocycles. The maximum Gasteiger partial charge on any atom is 0.326 e. The van der Waals surface area contributed by atoms with E-state index in [1.54, 1.807) is 6.92 Å². The van der Waals surface area contributed by atoms with Crippen LogP contribution >= 0.6 is 0 Å². The van der Waals surface area contributed by atoms with Crippen LogP contribution in [0.1, 0.15) is 37.8 Å². The quantitative estimate of drug-likeness (QED) is 0.848. The van der Waals surface area contributed by atoms with Crippen molar-refractivity contribution in [1.29, 1.82) is 0 Å². The molecule has 1 aromatic carbocycles. The Labute approximate surface area is 138 Å². The van der Waals surface area contributed by atoms with Gasteiger partial charge in [-0.1, -0.05) is 6.07 Å². The third kappa shape index (κ3) is 4.10. The number of hydrogen-bond acceptors (Lipinski definition) is 4. The molecule has 1 atom stereocenters. The summed E-state index contributed by atoms with van der Waals surface area (Å²) < 4.78 is 5.18. The van der Waals surface area contributed by atoms with Crippen molar-refractivity contribution >= 4 is 17.6 Å². The number of esters is 1. The van der Waals surface area contributed by atoms with Gasteiger partial charge in [-0.25, -0.2) is 0 Å². The summed E-state index contributed by atoms with van der Waals surface area (Å²) in [4.78, 5) is 26.5. The van der Waals surface area contributed by atoms with Gasteiger partial charge < -0.3 is 10.1 Å². The number of anilines is 1. The molecule has 1 aromatic rings. The number of likely N-dealkylation sites (tertiary alicyclic amines) is 1. The van der Waals surface area contributed by atoms with Crippen molar-refractivity contribution in [3.63, 3.8) is 0 Å². The lowest BCUT2D eigenvalue weighted by atomic mass is 9.99. The fourth-order valence-electron chi connectivity index (χ4n) is 3.21. The summed E-state index contributed by atoms with van der Waals surface area (Å²) in [6, 6.07) is 5.95. The summed E-state index contributed by atoms with van der Waals surface area (Å²) >= 11 is 0. The van der Waals surface area contributed by atoms with Crippen molar-refractivity contribution in [2.45, 2.75) is 46.1 Å². The van der Waals surface area contributed by atoms with Crippen molar-refractivity contribution in [3.8, 4) is 0 Å². The number of hydrogen-bond donors (Lipinski definition) is 1. The van der Waals surface area contributed by atoms with Crippen LogP contribution in [0.5, 0.6) is 0 Å². The second-order valence-electron chi connectivity index (χ2n) is 6.44. The molecule has 0 aliphatic carbocycles. The van der Waals surface area contributed by atoms with Crippen LogP contribution in [0.25, 0.3) is 0 Å². The van der Waals surface area contributed by atoms with Gasteiger partial charge in [0.05, 0.1) is 13.2 Å². The fraction of sp³-hybridized carbons (Fsp3) is 0.556. The van der Waals surface area contributed by atoms with Gasteiger partial charge >= 0.3 is 5.97 Å². The van der Waals surface area contributed by atoms with Gasteiger partial charge in [0.25, 0.3) is 0 Å².